The average molecular weight is 269 g/mol. The molecule has 0 radical (unpaired) electrons. The third-order valence-electron chi connectivity index (χ3n) is 2.46. The summed E-state index contributed by atoms with van der Waals surface area (Å²) in [7, 11) is 0. The second kappa shape index (κ2) is 9.11. The van der Waals surface area contributed by atoms with Gasteiger partial charge in [0.2, 0.25) is 0 Å². The third-order valence-corrected chi connectivity index (χ3v) is 3.03. The highest BCUT2D eigenvalue weighted by Crippen LogP contribution is 2.31. The molecule has 18 heavy (non-hydrogen) atoms. The van der Waals surface area contributed by atoms with Gasteiger partial charge >= 0.3 is 0 Å². The SMILES string of the molecule is CCNCc1cccc(OCC)c1OCCSC. The maximum absolute atomic E-state index is 5.87. The minimum atomic E-state index is 0.656. The lowest BCUT2D eigenvalue weighted by molar-refractivity contribution is 0.286. The predicted molar refractivity (Wildman–Crippen MR) is 78.9 cm³/mol. The maximum Gasteiger partial charge on any atom is 0.165 e. The van der Waals surface area contributed by atoms with Crippen LogP contribution in [0.3, 0.4) is 0 Å². The van der Waals surface area contributed by atoms with Gasteiger partial charge in [-0.3, -0.25) is 0 Å². The molecule has 0 atom stereocenters. The zero-order chi connectivity index (χ0) is 13.2. The van der Waals surface area contributed by atoms with Crippen LogP contribution in [0.5, 0.6) is 11.5 Å². The zero-order valence-electron chi connectivity index (χ0n) is 11.5. The summed E-state index contributed by atoms with van der Waals surface area (Å²) in [6, 6.07) is 6.06. The van der Waals surface area contributed by atoms with Gasteiger partial charge in [0, 0.05) is 17.9 Å². The summed E-state index contributed by atoms with van der Waals surface area (Å²) in [5.74, 6) is 2.71. The van der Waals surface area contributed by atoms with Gasteiger partial charge in [-0.25, -0.2) is 0 Å². The monoisotopic (exact) mass is 269 g/mol. The van der Waals surface area contributed by atoms with Crippen molar-refractivity contribution in [2.45, 2.75) is 20.4 Å². The van der Waals surface area contributed by atoms with E-state index in [2.05, 4.69) is 24.6 Å². The first-order chi connectivity index (χ1) is 8.83. The first-order valence-electron chi connectivity index (χ1n) is 6.40. The Morgan fingerprint density at radius 2 is 2.06 bits per heavy atom. The smallest absolute Gasteiger partial charge is 0.165 e. The fraction of sp³-hybridized carbons (Fsp3) is 0.571. The molecule has 1 N–H and O–H groups in total. The van der Waals surface area contributed by atoms with Crippen molar-refractivity contribution in [2.75, 3.05) is 31.8 Å². The van der Waals surface area contributed by atoms with Gasteiger partial charge in [-0.1, -0.05) is 19.1 Å². The van der Waals surface area contributed by atoms with E-state index in [4.69, 9.17) is 9.47 Å². The predicted octanol–water partition coefficient (Wildman–Crippen LogP) is 2.94. The fourth-order valence-corrected chi connectivity index (χ4v) is 1.87. The van der Waals surface area contributed by atoms with Crippen LogP contribution < -0.4 is 14.8 Å². The Morgan fingerprint density at radius 1 is 1.22 bits per heavy atom. The standard InChI is InChI=1S/C14H23NO2S/c1-4-15-11-12-7-6-8-13(16-5-2)14(12)17-9-10-18-3/h6-8,15H,4-5,9-11H2,1-3H3. The topological polar surface area (TPSA) is 30.5 Å². The molecule has 0 spiro atoms. The van der Waals surface area contributed by atoms with Crippen molar-refractivity contribution < 1.29 is 9.47 Å². The lowest BCUT2D eigenvalue weighted by atomic mass is 10.2. The Kier molecular flexibility index (Phi) is 7.69. The fourth-order valence-electron chi connectivity index (χ4n) is 1.62. The molecule has 1 rings (SSSR count). The Hall–Kier alpha value is -0.870. The lowest BCUT2D eigenvalue weighted by Gasteiger charge is -2.16. The van der Waals surface area contributed by atoms with Gasteiger partial charge in [-0.15, -0.1) is 0 Å². The van der Waals surface area contributed by atoms with Crippen LogP contribution in [0.1, 0.15) is 19.4 Å². The molecule has 0 saturated heterocycles. The minimum Gasteiger partial charge on any atom is -0.490 e. The molecular formula is C14H23NO2S. The summed E-state index contributed by atoms with van der Waals surface area (Å²) >= 11 is 1.78. The highest BCUT2D eigenvalue weighted by molar-refractivity contribution is 7.98. The number of rotatable bonds is 9. The second-order valence-corrected chi connectivity index (χ2v) is 4.78. The van der Waals surface area contributed by atoms with Crippen LogP contribution in [0, 0.1) is 0 Å². The Morgan fingerprint density at radius 3 is 2.72 bits per heavy atom. The van der Waals surface area contributed by atoms with E-state index in [0.717, 1.165) is 35.9 Å². The summed E-state index contributed by atoms with van der Waals surface area (Å²) < 4.78 is 11.5. The first kappa shape index (κ1) is 15.2. The number of ether oxygens (including phenoxy) is 2. The normalized spacial score (nSPS) is 10.4. The highest BCUT2D eigenvalue weighted by Gasteiger charge is 2.10. The van der Waals surface area contributed by atoms with Crippen molar-refractivity contribution in [3.05, 3.63) is 23.8 Å². The molecule has 0 fully saturated rings. The van der Waals surface area contributed by atoms with E-state index >= 15 is 0 Å². The molecule has 1 aromatic carbocycles. The molecule has 4 heteroatoms. The number of benzene rings is 1. The van der Waals surface area contributed by atoms with Crippen LogP contribution in [-0.2, 0) is 6.54 Å². The molecule has 0 amide bonds. The van der Waals surface area contributed by atoms with E-state index in [1.165, 1.54) is 0 Å². The van der Waals surface area contributed by atoms with Crippen LogP contribution in [0.25, 0.3) is 0 Å². The van der Waals surface area contributed by atoms with E-state index in [0.29, 0.717) is 13.2 Å². The van der Waals surface area contributed by atoms with Gasteiger partial charge in [0.25, 0.3) is 0 Å². The number of hydrogen-bond acceptors (Lipinski definition) is 4. The van der Waals surface area contributed by atoms with E-state index in [1.54, 1.807) is 11.8 Å². The third kappa shape index (κ3) is 4.78. The molecule has 0 heterocycles. The van der Waals surface area contributed by atoms with Crippen LogP contribution in [0.4, 0.5) is 0 Å². The summed E-state index contributed by atoms with van der Waals surface area (Å²) in [5, 5.41) is 3.32. The molecule has 102 valence electrons. The van der Waals surface area contributed by atoms with E-state index in [1.807, 2.05) is 19.1 Å². The van der Waals surface area contributed by atoms with Crippen LogP contribution in [-0.4, -0.2) is 31.8 Å². The van der Waals surface area contributed by atoms with Crippen molar-refractivity contribution in [1.82, 2.24) is 5.32 Å². The van der Waals surface area contributed by atoms with E-state index < -0.39 is 0 Å². The molecule has 0 saturated carbocycles. The zero-order valence-corrected chi connectivity index (χ0v) is 12.3. The Balaban J connectivity index is 2.81. The number of nitrogens with one attached hydrogen (secondary N) is 1. The minimum absolute atomic E-state index is 0.656. The van der Waals surface area contributed by atoms with Crippen molar-refractivity contribution >= 4 is 11.8 Å². The van der Waals surface area contributed by atoms with Crippen molar-refractivity contribution in [3.8, 4) is 11.5 Å². The molecule has 0 aliphatic heterocycles. The molecule has 0 unspecified atom stereocenters. The van der Waals surface area contributed by atoms with E-state index in [-0.39, 0.29) is 0 Å². The molecule has 0 aromatic heterocycles. The van der Waals surface area contributed by atoms with Gasteiger partial charge in [-0.2, -0.15) is 11.8 Å². The van der Waals surface area contributed by atoms with Gasteiger partial charge in [-0.05, 0) is 25.8 Å². The lowest BCUT2D eigenvalue weighted by Crippen LogP contribution is -2.14. The van der Waals surface area contributed by atoms with Gasteiger partial charge in [0.05, 0.1) is 13.2 Å². The molecule has 0 aliphatic rings. The Labute approximate surface area is 114 Å². The average Bonchev–Trinajstić information content (AvgIpc) is 2.39. The van der Waals surface area contributed by atoms with Crippen molar-refractivity contribution in [1.29, 1.82) is 0 Å². The molecule has 0 bridgehead atoms. The van der Waals surface area contributed by atoms with Crippen molar-refractivity contribution in [2.24, 2.45) is 0 Å². The molecule has 1 aromatic rings. The molecule has 3 nitrogen and oxygen atoms in total. The summed E-state index contributed by atoms with van der Waals surface area (Å²) in [6.07, 6.45) is 2.08. The second-order valence-electron chi connectivity index (χ2n) is 3.80. The van der Waals surface area contributed by atoms with Crippen LogP contribution in [0.2, 0.25) is 0 Å². The molecular weight excluding hydrogens is 246 g/mol. The van der Waals surface area contributed by atoms with Crippen molar-refractivity contribution in [3.63, 3.8) is 0 Å². The van der Waals surface area contributed by atoms with Crippen LogP contribution in [0.15, 0.2) is 18.2 Å². The number of hydrogen-bond donors (Lipinski definition) is 1. The highest BCUT2D eigenvalue weighted by atomic mass is 32.2. The van der Waals surface area contributed by atoms with E-state index in [9.17, 15) is 0 Å². The number of thioether (sulfide) groups is 1. The summed E-state index contributed by atoms with van der Waals surface area (Å²) in [4.78, 5) is 0. The molecule has 0 aliphatic carbocycles. The first-order valence-corrected chi connectivity index (χ1v) is 7.80. The summed E-state index contributed by atoms with van der Waals surface area (Å²) in [5.41, 5.74) is 1.16. The largest absolute Gasteiger partial charge is 0.490 e. The maximum atomic E-state index is 5.87. The number of para-hydroxylation sites is 1. The summed E-state index contributed by atoms with van der Waals surface area (Å²) in [6.45, 7) is 7.21. The van der Waals surface area contributed by atoms with Gasteiger partial charge in [0.15, 0.2) is 11.5 Å². The van der Waals surface area contributed by atoms with Gasteiger partial charge in [0.1, 0.15) is 0 Å². The Bertz CT molecular complexity index is 345. The van der Waals surface area contributed by atoms with Gasteiger partial charge < -0.3 is 14.8 Å². The quantitative estimate of drug-likeness (QED) is 0.698. The van der Waals surface area contributed by atoms with Crippen LogP contribution >= 0.6 is 11.8 Å².